The van der Waals surface area contributed by atoms with Gasteiger partial charge in [0.15, 0.2) is 9.04 Å². The zero-order valence-electron chi connectivity index (χ0n) is 20.3. The van der Waals surface area contributed by atoms with Gasteiger partial charge >= 0.3 is 11.9 Å². The standard InChI is InChI=1S/C25H36O6Si/c1-14-19-20(23(28)30-24(19)31-32(6)7)21(25(2,3)4)17(22(14)29-5)12-11-15-9-8-10-16(15)13-18(26)27/h11,16,24,32H,8-10,12-13H2,1-7H3,(H,26,27). The number of hydrogen-bond acceptors (Lipinski definition) is 5. The Bertz CT molecular complexity index is 941. The number of benzene rings is 1. The van der Waals surface area contributed by atoms with Gasteiger partial charge in [-0.3, -0.25) is 4.79 Å². The van der Waals surface area contributed by atoms with Crippen molar-refractivity contribution in [1.29, 1.82) is 0 Å². The van der Waals surface area contributed by atoms with Gasteiger partial charge < -0.3 is 19.0 Å². The molecule has 6 nitrogen and oxygen atoms in total. The van der Waals surface area contributed by atoms with Crippen LogP contribution < -0.4 is 4.74 Å². The summed E-state index contributed by atoms with van der Waals surface area (Å²) >= 11 is 0. The minimum Gasteiger partial charge on any atom is -0.496 e. The smallest absolute Gasteiger partial charge is 0.341 e. The molecule has 176 valence electrons. The predicted molar refractivity (Wildman–Crippen MR) is 126 cm³/mol. The highest BCUT2D eigenvalue weighted by molar-refractivity contribution is 6.48. The first kappa shape index (κ1) is 24.5. The number of carboxylic acid groups (broad SMARTS) is 1. The molecule has 1 aromatic rings. The number of cyclic esters (lactones) is 1. The number of methoxy groups -OCH3 is 1. The topological polar surface area (TPSA) is 82.1 Å². The fraction of sp³-hybridized carbons (Fsp3) is 0.600. The van der Waals surface area contributed by atoms with Gasteiger partial charge in [0.05, 0.1) is 19.1 Å². The summed E-state index contributed by atoms with van der Waals surface area (Å²) in [7, 11) is 0.210. The van der Waals surface area contributed by atoms with E-state index >= 15 is 0 Å². The summed E-state index contributed by atoms with van der Waals surface area (Å²) in [5, 5.41) is 9.26. The van der Waals surface area contributed by atoms with Crippen LogP contribution in [0.2, 0.25) is 13.1 Å². The summed E-state index contributed by atoms with van der Waals surface area (Å²) in [5.41, 5.74) is 5.06. The van der Waals surface area contributed by atoms with Gasteiger partial charge in [-0.1, -0.05) is 32.4 Å². The van der Waals surface area contributed by atoms with Gasteiger partial charge in [-0.25, -0.2) is 4.79 Å². The Balaban J connectivity index is 2.16. The molecule has 32 heavy (non-hydrogen) atoms. The number of carboxylic acids is 1. The Labute approximate surface area is 192 Å². The van der Waals surface area contributed by atoms with Crippen molar-refractivity contribution in [3.63, 3.8) is 0 Å². The van der Waals surface area contributed by atoms with Crippen LogP contribution in [0.1, 0.15) is 85.4 Å². The van der Waals surface area contributed by atoms with Gasteiger partial charge in [-0.2, -0.15) is 0 Å². The highest BCUT2D eigenvalue weighted by Crippen LogP contribution is 2.47. The van der Waals surface area contributed by atoms with Crippen molar-refractivity contribution >= 4 is 21.0 Å². The van der Waals surface area contributed by atoms with Crippen LogP contribution in [-0.4, -0.2) is 33.2 Å². The SMILES string of the molecule is COc1c(C)c2c(c(C(C)(C)C)c1CC=C1CCCC1CC(=O)O)C(=O)OC2O[SiH](C)C. The first-order valence-electron chi connectivity index (χ1n) is 11.5. The van der Waals surface area contributed by atoms with E-state index in [1.807, 2.05) is 6.92 Å². The van der Waals surface area contributed by atoms with Gasteiger partial charge in [-0.15, -0.1) is 0 Å². The van der Waals surface area contributed by atoms with E-state index in [0.717, 1.165) is 47.3 Å². The van der Waals surface area contributed by atoms with Crippen LogP contribution in [0.4, 0.5) is 0 Å². The average molecular weight is 461 g/mol. The molecule has 2 atom stereocenters. The van der Waals surface area contributed by atoms with Crippen LogP contribution in [0.25, 0.3) is 0 Å². The number of ether oxygens (including phenoxy) is 2. The second kappa shape index (κ2) is 9.39. The van der Waals surface area contributed by atoms with Crippen molar-refractivity contribution < 1.29 is 28.6 Å². The van der Waals surface area contributed by atoms with Crippen molar-refractivity contribution in [2.75, 3.05) is 7.11 Å². The molecule has 0 radical (unpaired) electrons. The van der Waals surface area contributed by atoms with Gasteiger partial charge in [0, 0.05) is 16.7 Å². The van der Waals surface area contributed by atoms with Crippen LogP contribution in [0, 0.1) is 12.8 Å². The largest absolute Gasteiger partial charge is 0.496 e. The fourth-order valence-electron chi connectivity index (χ4n) is 5.19. The zero-order valence-corrected chi connectivity index (χ0v) is 21.5. The third-order valence-electron chi connectivity index (χ3n) is 6.38. The van der Waals surface area contributed by atoms with Crippen LogP contribution in [-0.2, 0) is 25.8 Å². The number of esters is 1. The van der Waals surface area contributed by atoms with E-state index in [4.69, 9.17) is 13.9 Å². The fourth-order valence-corrected chi connectivity index (χ4v) is 5.87. The third kappa shape index (κ3) is 4.78. The first-order valence-corrected chi connectivity index (χ1v) is 14.2. The zero-order chi connectivity index (χ0) is 23.8. The van der Waals surface area contributed by atoms with Crippen molar-refractivity contribution in [2.45, 2.75) is 84.6 Å². The maximum Gasteiger partial charge on any atom is 0.341 e. The van der Waals surface area contributed by atoms with Crippen molar-refractivity contribution in [1.82, 2.24) is 0 Å². The highest BCUT2D eigenvalue weighted by Gasteiger charge is 2.42. The number of rotatable bonds is 7. The van der Waals surface area contributed by atoms with Crippen LogP contribution in [0.3, 0.4) is 0 Å². The molecule has 2 unspecified atom stereocenters. The van der Waals surface area contributed by atoms with Gasteiger partial charge in [-0.05, 0) is 62.6 Å². The minimum atomic E-state index is -1.45. The molecule has 1 N–H and O–H groups in total. The number of aliphatic carboxylic acids is 1. The molecule has 1 fully saturated rings. The summed E-state index contributed by atoms with van der Waals surface area (Å²) in [6.07, 6.45) is 5.09. The van der Waals surface area contributed by atoms with Crippen LogP contribution >= 0.6 is 0 Å². The maximum atomic E-state index is 13.1. The summed E-state index contributed by atoms with van der Waals surface area (Å²) in [6, 6.07) is 0. The average Bonchev–Trinajstić information content (AvgIpc) is 3.22. The molecule has 1 heterocycles. The lowest BCUT2D eigenvalue weighted by Crippen LogP contribution is -2.21. The molecule has 1 aliphatic heterocycles. The summed E-state index contributed by atoms with van der Waals surface area (Å²) in [5.74, 6) is -0.248. The molecular weight excluding hydrogens is 424 g/mol. The second-order valence-corrected chi connectivity index (χ2v) is 12.5. The molecule has 0 aromatic heterocycles. The van der Waals surface area contributed by atoms with Crippen LogP contribution in [0.15, 0.2) is 11.6 Å². The molecule has 7 heteroatoms. The van der Waals surface area contributed by atoms with E-state index < -0.39 is 21.3 Å². The van der Waals surface area contributed by atoms with Gasteiger partial charge in [0.25, 0.3) is 0 Å². The van der Waals surface area contributed by atoms with Crippen LogP contribution in [0.5, 0.6) is 5.75 Å². The molecular formula is C25H36O6Si. The number of hydrogen-bond donors (Lipinski definition) is 1. The lowest BCUT2D eigenvalue weighted by molar-refractivity contribution is -0.137. The molecule has 1 saturated carbocycles. The highest BCUT2D eigenvalue weighted by atomic mass is 28.3. The molecule has 0 spiro atoms. The predicted octanol–water partition coefficient (Wildman–Crippen LogP) is 5.21. The summed E-state index contributed by atoms with van der Waals surface area (Å²) in [4.78, 5) is 24.3. The molecule has 1 aliphatic carbocycles. The Hall–Kier alpha value is -2.12. The normalized spacial score (nSPS) is 21.9. The van der Waals surface area contributed by atoms with E-state index in [9.17, 15) is 14.7 Å². The molecule has 1 aromatic carbocycles. The number of carbonyl (C=O) groups excluding carboxylic acids is 1. The summed E-state index contributed by atoms with van der Waals surface area (Å²) < 4.78 is 17.6. The van der Waals surface area contributed by atoms with Gasteiger partial charge in [0.2, 0.25) is 6.29 Å². The van der Waals surface area contributed by atoms with E-state index in [2.05, 4.69) is 39.9 Å². The maximum absolute atomic E-state index is 13.1. The van der Waals surface area contributed by atoms with Crippen molar-refractivity contribution in [3.05, 3.63) is 39.5 Å². The number of carbonyl (C=O) groups is 2. The Kier molecular flexibility index (Phi) is 7.20. The third-order valence-corrected chi connectivity index (χ3v) is 7.17. The van der Waals surface area contributed by atoms with E-state index in [1.165, 1.54) is 5.57 Å². The lowest BCUT2D eigenvalue weighted by Gasteiger charge is -2.28. The molecule has 0 amide bonds. The lowest BCUT2D eigenvalue weighted by atomic mass is 9.76. The van der Waals surface area contributed by atoms with Crippen molar-refractivity contribution in [3.8, 4) is 5.75 Å². The first-order chi connectivity index (χ1) is 15.0. The number of allylic oxidation sites excluding steroid dienone is 2. The Morgan fingerprint density at radius 1 is 1.31 bits per heavy atom. The second-order valence-electron chi connectivity index (χ2n) is 10.1. The van der Waals surface area contributed by atoms with E-state index in [1.54, 1.807) is 7.11 Å². The monoisotopic (exact) mass is 460 g/mol. The molecule has 2 aliphatic rings. The summed E-state index contributed by atoms with van der Waals surface area (Å²) in [6.45, 7) is 12.3. The van der Waals surface area contributed by atoms with Crippen molar-refractivity contribution in [2.24, 2.45) is 5.92 Å². The molecule has 0 bridgehead atoms. The Morgan fingerprint density at radius 3 is 2.56 bits per heavy atom. The number of fused-ring (bicyclic) bond motifs is 1. The quantitative estimate of drug-likeness (QED) is 0.342. The molecule has 3 rings (SSSR count). The van der Waals surface area contributed by atoms with Gasteiger partial charge in [0.1, 0.15) is 5.75 Å². The molecule has 0 saturated heterocycles. The van der Waals surface area contributed by atoms with E-state index in [0.29, 0.717) is 12.0 Å². The van der Waals surface area contributed by atoms with E-state index in [-0.39, 0.29) is 23.7 Å². The Morgan fingerprint density at radius 2 is 2.00 bits per heavy atom. The minimum absolute atomic E-state index is 0.0888.